The van der Waals surface area contributed by atoms with Crippen LogP contribution in [0, 0.1) is 0 Å². The third-order valence-electron chi connectivity index (χ3n) is 5.20. The Kier molecular flexibility index (Phi) is 4.28. The van der Waals surface area contributed by atoms with Crippen molar-refractivity contribution in [3.05, 3.63) is 11.6 Å². The average molecular weight is 300 g/mol. The van der Waals surface area contributed by atoms with Gasteiger partial charge >= 0.3 is 0 Å². The number of rotatable bonds is 4. The summed E-state index contributed by atoms with van der Waals surface area (Å²) in [5.41, 5.74) is -2.77. The third kappa shape index (κ3) is 2.45. The molecule has 0 aromatic rings. The highest BCUT2D eigenvalue weighted by Crippen LogP contribution is 2.56. The molecule has 21 heavy (non-hydrogen) atoms. The highest BCUT2D eigenvalue weighted by atomic mass is 16.6. The summed E-state index contributed by atoms with van der Waals surface area (Å²) in [6.45, 7) is 7.39. The Balaban J connectivity index is 2.31. The molecule has 5 nitrogen and oxygen atoms in total. The molecular weight excluding hydrogens is 272 g/mol. The van der Waals surface area contributed by atoms with Crippen molar-refractivity contribution in [3.63, 3.8) is 0 Å². The monoisotopic (exact) mass is 300 g/mol. The van der Waals surface area contributed by atoms with Gasteiger partial charge in [0.15, 0.2) is 5.60 Å². The molecule has 1 saturated heterocycles. The summed E-state index contributed by atoms with van der Waals surface area (Å²) in [5.74, 6) is 0. The van der Waals surface area contributed by atoms with Crippen molar-refractivity contribution in [1.82, 2.24) is 0 Å². The largest absolute Gasteiger partial charge is 0.390 e. The molecule has 0 radical (unpaired) electrons. The van der Waals surface area contributed by atoms with Crippen molar-refractivity contribution in [2.24, 2.45) is 0 Å². The summed E-state index contributed by atoms with van der Waals surface area (Å²) in [5, 5.41) is 32.2. The van der Waals surface area contributed by atoms with Crippen LogP contribution < -0.4 is 0 Å². The van der Waals surface area contributed by atoms with Crippen molar-refractivity contribution in [2.45, 2.75) is 82.1 Å². The van der Waals surface area contributed by atoms with Gasteiger partial charge < -0.3 is 24.8 Å². The van der Waals surface area contributed by atoms with Crippen molar-refractivity contribution in [2.75, 3.05) is 7.11 Å². The first-order valence-electron chi connectivity index (χ1n) is 7.57. The molecule has 3 N–H and O–H groups in total. The smallest absolute Gasteiger partial charge is 0.152 e. The number of methoxy groups -OCH3 is 1. The van der Waals surface area contributed by atoms with E-state index in [0.717, 1.165) is 0 Å². The Bertz CT molecular complexity index is 428. The molecule has 0 aromatic heterocycles. The van der Waals surface area contributed by atoms with Gasteiger partial charge in [-0.2, -0.15) is 0 Å². The van der Waals surface area contributed by atoms with E-state index in [9.17, 15) is 15.3 Å². The van der Waals surface area contributed by atoms with E-state index in [1.807, 2.05) is 13.8 Å². The van der Waals surface area contributed by atoms with E-state index in [4.69, 9.17) is 9.47 Å². The number of hydrogen-bond acceptors (Lipinski definition) is 5. The van der Waals surface area contributed by atoms with E-state index in [1.165, 1.54) is 12.7 Å². The summed E-state index contributed by atoms with van der Waals surface area (Å²) in [4.78, 5) is 0. The molecule has 1 aliphatic carbocycles. The zero-order valence-electron chi connectivity index (χ0n) is 13.6. The maximum absolute atomic E-state index is 11.3. The molecule has 2 rings (SSSR count). The molecule has 0 bridgehead atoms. The lowest BCUT2D eigenvalue weighted by Gasteiger charge is -2.53. The van der Waals surface area contributed by atoms with Gasteiger partial charge in [-0.25, -0.2) is 0 Å². The highest BCUT2D eigenvalue weighted by molar-refractivity contribution is 5.26. The summed E-state index contributed by atoms with van der Waals surface area (Å²) >= 11 is 0. The predicted molar refractivity (Wildman–Crippen MR) is 78.9 cm³/mol. The van der Waals surface area contributed by atoms with Crippen LogP contribution in [0.1, 0.15) is 47.0 Å². The standard InChI is InChI=1S/C16H28O5/c1-10(2)6-7-12-15(4,21-12)16(19)13(20-5)11(17)8-9-14(16,3)18/h6,11-13,17-19H,7-9H2,1-5H3. The summed E-state index contributed by atoms with van der Waals surface area (Å²) < 4.78 is 11.1. The Hall–Kier alpha value is -0.460. The average Bonchev–Trinajstić information content (AvgIpc) is 3.06. The number of aliphatic hydroxyl groups excluding tert-OH is 1. The molecule has 6 atom stereocenters. The molecule has 2 fully saturated rings. The molecule has 1 aliphatic heterocycles. The van der Waals surface area contributed by atoms with Gasteiger partial charge in [-0.05, 0) is 47.0 Å². The fraction of sp³-hybridized carbons (Fsp3) is 0.875. The molecule has 0 aromatic carbocycles. The molecule has 1 saturated carbocycles. The zero-order valence-corrected chi connectivity index (χ0v) is 13.6. The summed E-state index contributed by atoms with van der Waals surface area (Å²) in [7, 11) is 1.44. The summed E-state index contributed by atoms with van der Waals surface area (Å²) in [6, 6.07) is 0. The molecule has 6 unspecified atom stereocenters. The third-order valence-corrected chi connectivity index (χ3v) is 5.20. The molecule has 122 valence electrons. The second-order valence-electron chi connectivity index (χ2n) is 7.03. The van der Waals surface area contributed by atoms with Gasteiger partial charge in [0.2, 0.25) is 0 Å². The van der Waals surface area contributed by atoms with Crippen LogP contribution in [0.25, 0.3) is 0 Å². The van der Waals surface area contributed by atoms with E-state index in [1.54, 1.807) is 13.8 Å². The molecule has 1 heterocycles. The molecule has 0 amide bonds. The molecule has 0 spiro atoms. The summed E-state index contributed by atoms with van der Waals surface area (Å²) in [6.07, 6.45) is 1.54. The van der Waals surface area contributed by atoms with E-state index in [0.29, 0.717) is 19.3 Å². The number of epoxide rings is 1. The number of aliphatic hydroxyl groups is 3. The topological polar surface area (TPSA) is 82.5 Å². The minimum atomic E-state index is -1.65. The van der Waals surface area contributed by atoms with Crippen molar-refractivity contribution < 1.29 is 24.8 Å². The van der Waals surface area contributed by atoms with Crippen molar-refractivity contribution in [3.8, 4) is 0 Å². The Morgan fingerprint density at radius 2 is 1.95 bits per heavy atom. The number of allylic oxidation sites excluding steroid dienone is 1. The normalized spacial score (nSPS) is 49.8. The second kappa shape index (κ2) is 5.32. The van der Waals surface area contributed by atoms with Crippen LogP contribution in [-0.4, -0.2) is 57.5 Å². The molecule has 5 heteroatoms. The second-order valence-corrected chi connectivity index (χ2v) is 7.03. The van der Waals surface area contributed by atoms with Crippen LogP contribution in [0.15, 0.2) is 11.6 Å². The Labute approximate surface area is 126 Å². The van der Waals surface area contributed by atoms with Gasteiger partial charge in [-0.15, -0.1) is 0 Å². The Morgan fingerprint density at radius 1 is 1.33 bits per heavy atom. The molecule has 2 aliphatic rings. The number of ether oxygens (including phenoxy) is 2. The minimum absolute atomic E-state index is 0.188. The highest BCUT2D eigenvalue weighted by Gasteiger charge is 2.75. The minimum Gasteiger partial charge on any atom is -0.390 e. The van der Waals surface area contributed by atoms with Gasteiger partial charge in [-0.1, -0.05) is 11.6 Å². The maximum Gasteiger partial charge on any atom is 0.152 e. The number of hydrogen-bond donors (Lipinski definition) is 3. The van der Waals surface area contributed by atoms with Gasteiger partial charge in [-0.3, -0.25) is 0 Å². The first kappa shape index (κ1) is 16.9. The fourth-order valence-electron chi connectivity index (χ4n) is 3.71. The van der Waals surface area contributed by atoms with Crippen molar-refractivity contribution >= 4 is 0 Å². The van der Waals surface area contributed by atoms with Crippen molar-refractivity contribution in [1.29, 1.82) is 0 Å². The predicted octanol–water partition coefficient (Wildman–Crippen LogP) is 1.15. The van der Waals surface area contributed by atoms with Gasteiger partial charge in [0.05, 0.1) is 17.8 Å². The lowest BCUT2D eigenvalue weighted by Crippen LogP contribution is -2.73. The van der Waals surface area contributed by atoms with Crippen LogP contribution in [0.3, 0.4) is 0 Å². The van der Waals surface area contributed by atoms with E-state index < -0.39 is 29.0 Å². The lowest BCUT2D eigenvalue weighted by atomic mass is 9.62. The quantitative estimate of drug-likeness (QED) is 0.536. The maximum atomic E-state index is 11.3. The zero-order chi connectivity index (χ0) is 16.1. The van der Waals surface area contributed by atoms with Gasteiger partial charge in [0.25, 0.3) is 0 Å². The Morgan fingerprint density at radius 3 is 2.48 bits per heavy atom. The van der Waals surface area contributed by atoms with E-state index >= 15 is 0 Å². The first-order valence-corrected chi connectivity index (χ1v) is 7.57. The van der Waals surface area contributed by atoms with Crippen LogP contribution in [0.5, 0.6) is 0 Å². The van der Waals surface area contributed by atoms with Gasteiger partial charge in [0.1, 0.15) is 11.7 Å². The first-order chi connectivity index (χ1) is 9.60. The fourth-order valence-corrected chi connectivity index (χ4v) is 3.71. The van der Waals surface area contributed by atoms with Crippen LogP contribution >= 0.6 is 0 Å². The van der Waals surface area contributed by atoms with Crippen LogP contribution in [0.2, 0.25) is 0 Å². The van der Waals surface area contributed by atoms with E-state index in [-0.39, 0.29) is 6.10 Å². The lowest BCUT2D eigenvalue weighted by molar-refractivity contribution is -0.273. The van der Waals surface area contributed by atoms with Crippen LogP contribution in [-0.2, 0) is 9.47 Å². The molecular formula is C16H28O5. The van der Waals surface area contributed by atoms with E-state index in [2.05, 4.69) is 6.08 Å². The van der Waals surface area contributed by atoms with Crippen LogP contribution in [0.4, 0.5) is 0 Å². The SMILES string of the molecule is COC1C(O)CCC(C)(O)C1(O)C1(C)OC1CC=C(C)C. The van der Waals surface area contributed by atoms with Gasteiger partial charge in [0, 0.05) is 7.11 Å².